The van der Waals surface area contributed by atoms with Gasteiger partial charge in [-0.1, -0.05) is 32.3 Å². The van der Waals surface area contributed by atoms with E-state index < -0.39 is 61.4 Å². The molecular formula is C19H34O10. The minimum absolute atomic E-state index is 0.233. The second-order valence-corrected chi connectivity index (χ2v) is 7.50. The molecule has 0 aromatic rings. The van der Waals surface area contributed by atoms with Crippen molar-refractivity contribution in [1.82, 2.24) is 0 Å². The van der Waals surface area contributed by atoms with Crippen molar-refractivity contribution in [3.63, 3.8) is 0 Å². The second kappa shape index (κ2) is 11.7. The Morgan fingerprint density at radius 1 is 0.966 bits per heavy atom. The number of ether oxygens (including phenoxy) is 4. The maximum Gasteiger partial charge on any atom is 0.187 e. The zero-order chi connectivity index (χ0) is 21.6. The molecule has 0 aromatic carbocycles. The Bertz CT molecular complexity index is 492. The average molecular weight is 422 g/mol. The quantitative estimate of drug-likeness (QED) is 0.179. The summed E-state index contributed by atoms with van der Waals surface area (Å²) in [7, 11) is 0. The molecule has 10 heteroatoms. The molecule has 170 valence electrons. The van der Waals surface area contributed by atoms with Crippen molar-refractivity contribution in [1.29, 1.82) is 0 Å². The number of rotatable bonds is 10. The Morgan fingerprint density at radius 3 is 2.31 bits per heavy atom. The molecule has 2 heterocycles. The molecule has 2 saturated heterocycles. The minimum atomic E-state index is -1.53. The first kappa shape index (κ1) is 24.6. The molecule has 0 bridgehead atoms. The maximum atomic E-state index is 10.2. The van der Waals surface area contributed by atoms with Crippen molar-refractivity contribution in [2.24, 2.45) is 0 Å². The van der Waals surface area contributed by atoms with E-state index >= 15 is 0 Å². The van der Waals surface area contributed by atoms with E-state index in [0.29, 0.717) is 6.42 Å². The van der Waals surface area contributed by atoms with Gasteiger partial charge in [-0.3, -0.25) is 0 Å². The summed E-state index contributed by atoms with van der Waals surface area (Å²) in [5, 5.41) is 59.6. The molecule has 6 N–H and O–H groups in total. The van der Waals surface area contributed by atoms with Crippen molar-refractivity contribution >= 4 is 0 Å². The number of hydrogen-bond donors (Lipinski definition) is 6. The van der Waals surface area contributed by atoms with E-state index in [-0.39, 0.29) is 13.2 Å². The van der Waals surface area contributed by atoms with Crippen LogP contribution in [0.1, 0.15) is 32.6 Å². The van der Waals surface area contributed by atoms with Gasteiger partial charge in [0.05, 0.1) is 19.3 Å². The Labute approximate surface area is 170 Å². The molecule has 29 heavy (non-hydrogen) atoms. The Morgan fingerprint density at radius 2 is 1.66 bits per heavy atom. The van der Waals surface area contributed by atoms with Crippen LogP contribution < -0.4 is 0 Å². The van der Waals surface area contributed by atoms with Crippen molar-refractivity contribution in [3.05, 3.63) is 12.7 Å². The first-order valence-corrected chi connectivity index (χ1v) is 10.0. The van der Waals surface area contributed by atoms with Crippen LogP contribution in [0.3, 0.4) is 0 Å². The highest BCUT2D eigenvalue weighted by atomic mass is 16.7. The van der Waals surface area contributed by atoms with Crippen LogP contribution in [0.15, 0.2) is 12.7 Å². The summed E-state index contributed by atoms with van der Waals surface area (Å²) in [6.07, 6.45) is -7.36. The van der Waals surface area contributed by atoms with Crippen molar-refractivity contribution < 1.29 is 49.6 Å². The van der Waals surface area contributed by atoms with Crippen LogP contribution in [-0.2, 0) is 18.9 Å². The molecule has 2 fully saturated rings. The van der Waals surface area contributed by atoms with Gasteiger partial charge in [0.1, 0.15) is 42.7 Å². The number of unbranched alkanes of at least 4 members (excludes halogenated alkanes) is 2. The molecule has 2 aliphatic rings. The highest BCUT2D eigenvalue weighted by Crippen LogP contribution is 2.26. The molecular weight excluding hydrogens is 388 g/mol. The van der Waals surface area contributed by atoms with Crippen LogP contribution in [0.5, 0.6) is 0 Å². The van der Waals surface area contributed by atoms with Crippen LogP contribution >= 0.6 is 0 Å². The molecule has 0 unspecified atom stereocenters. The van der Waals surface area contributed by atoms with E-state index in [1.807, 2.05) is 0 Å². The van der Waals surface area contributed by atoms with Gasteiger partial charge in [-0.25, -0.2) is 0 Å². The summed E-state index contributed by atoms with van der Waals surface area (Å²) >= 11 is 0. The number of aliphatic hydroxyl groups is 6. The van der Waals surface area contributed by atoms with Crippen LogP contribution in [0, 0.1) is 0 Å². The van der Waals surface area contributed by atoms with Gasteiger partial charge in [0.25, 0.3) is 0 Å². The van der Waals surface area contributed by atoms with Crippen LogP contribution in [0.25, 0.3) is 0 Å². The molecule has 0 radical (unpaired) electrons. The molecule has 0 aliphatic carbocycles. The van der Waals surface area contributed by atoms with Gasteiger partial charge in [-0.05, 0) is 6.42 Å². The smallest absolute Gasteiger partial charge is 0.187 e. The fourth-order valence-corrected chi connectivity index (χ4v) is 3.29. The summed E-state index contributed by atoms with van der Waals surface area (Å²) in [4.78, 5) is 0. The third-order valence-corrected chi connectivity index (χ3v) is 5.21. The van der Waals surface area contributed by atoms with Gasteiger partial charge in [-0.15, -0.1) is 6.58 Å². The molecule has 2 rings (SSSR count). The van der Waals surface area contributed by atoms with Crippen LogP contribution in [0.2, 0.25) is 0 Å². The minimum Gasteiger partial charge on any atom is -0.388 e. The van der Waals surface area contributed by atoms with E-state index in [1.54, 1.807) is 6.08 Å². The molecule has 10 nitrogen and oxygen atoms in total. The van der Waals surface area contributed by atoms with Crippen molar-refractivity contribution in [3.8, 4) is 0 Å². The zero-order valence-electron chi connectivity index (χ0n) is 16.6. The van der Waals surface area contributed by atoms with Crippen LogP contribution in [0.4, 0.5) is 0 Å². The SMILES string of the molecule is C=C[C@H](CCCCC)O[C@H]1O[C@@H](CO[C@H]2OC[C@@H](O)[C@@H](O)[C@H]2O)[C@@H](O)[C@@H](O)[C@H]1O. The van der Waals surface area contributed by atoms with Gasteiger partial charge in [0, 0.05) is 0 Å². The fourth-order valence-electron chi connectivity index (χ4n) is 3.29. The first-order valence-electron chi connectivity index (χ1n) is 10.0. The Hall–Kier alpha value is -0.660. The summed E-state index contributed by atoms with van der Waals surface area (Å²) in [6.45, 7) is 5.24. The van der Waals surface area contributed by atoms with Gasteiger partial charge in [-0.2, -0.15) is 0 Å². The summed E-state index contributed by atoms with van der Waals surface area (Å²) in [5.41, 5.74) is 0. The highest BCUT2D eigenvalue weighted by molar-refractivity contribution is 4.91. The van der Waals surface area contributed by atoms with E-state index in [1.165, 1.54) is 0 Å². The summed E-state index contributed by atoms with van der Waals surface area (Å²) in [5.74, 6) is 0. The van der Waals surface area contributed by atoms with Gasteiger partial charge in [0.15, 0.2) is 12.6 Å². The topological polar surface area (TPSA) is 158 Å². The lowest BCUT2D eigenvalue weighted by Gasteiger charge is -2.42. The van der Waals surface area contributed by atoms with E-state index in [2.05, 4.69) is 13.5 Å². The molecule has 0 spiro atoms. The van der Waals surface area contributed by atoms with E-state index in [4.69, 9.17) is 18.9 Å². The standard InChI is InChI=1S/C19H34O10/c1-3-5-6-7-10(4-2)28-19-17(25)15(23)14(22)12(29-19)9-27-18-16(24)13(21)11(20)8-26-18/h4,10-25H,2-3,5-9H2,1H3/t10-,11-,12+,13-,14-,15-,16-,17-,18-,19+/m1/s1. The maximum absolute atomic E-state index is 10.2. The van der Waals surface area contributed by atoms with Crippen molar-refractivity contribution in [2.75, 3.05) is 13.2 Å². The predicted octanol–water partition coefficient (Wildman–Crippen LogP) is -1.60. The summed E-state index contributed by atoms with van der Waals surface area (Å²) < 4.78 is 21.8. The largest absolute Gasteiger partial charge is 0.388 e. The molecule has 0 aromatic heterocycles. The van der Waals surface area contributed by atoms with Gasteiger partial charge < -0.3 is 49.6 Å². The van der Waals surface area contributed by atoms with E-state index in [9.17, 15) is 30.6 Å². The molecule has 10 atom stereocenters. The predicted molar refractivity (Wildman–Crippen MR) is 99.6 cm³/mol. The lowest BCUT2D eigenvalue weighted by atomic mass is 9.99. The van der Waals surface area contributed by atoms with Gasteiger partial charge >= 0.3 is 0 Å². The Kier molecular flexibility index (Phi) is 9.89. The first-order chi connectivity index (χ1) is 13.8. The molecule has 0 amide bonds. The van der Waals surface area contributed by atoms with Crippen LogP contribution in [-0.4, -0.2) is 105 Å². The normalized spacial score (nSPS) is 41.8. The highest BCUT2D eigenvalue weighted by Gasteiger charge is 2.46. The number of hydrogen-bond acceptors (Lipinski definition) is 10. The molecule has 2 aliphatic heterocycles. The van der Waals surface area contributed by atoms with Crippen molar-refractivity contribution in [2.45, 2.75) is 94.0 Å². The number of aliphatic hydroxyl groups excluding tert-OH is 6. The summed E-state index contributed by atoms with van der Waals surface area (Å²) in [6, 6.07) is 0. The third-order valence-electron chi connectivity index (χ3n) is 5.21. The fraction of sp³-hybridized carbons (Fsp3) is 0.895. The average Bonchev–Trinajstić information content (AvgIpc) is 2.71. The molecule has 0 saturated carbocycles. The lowest BCUT2D eigenvalue weighted by molar-refractivity contribution is -0.325. The monoisotopic (exact) mass is 422 g/mol. The lowest BCUT2D eigenvalue weighted by Crippen LogP contribution is -2.60. The second-order valence-electron chi connectivity index (χ2n) is 7.50. The van der Waals surface area contributed by atoms with E-state index in [0.717, 1.165) is 19.3 Å². The third kappa shape index (κ3) is 6.41. The van der Waals surface area contributed by atoms with Gasteiger partial charge in [0.2, 0.25) is 0 Å². The zero-order valence-corrected chi connectivity index (χ0v) is 16.6. The Balaban J connectivity index is 1.93.